The maximum Gasteiger partial charge on any atom is 0.261 e. The van der Waals surface area contributed by atoms with Crippen LogP contribution in [0.2, 0.25) is 0 Å². The summed E-state index contributed by atoms with van der Waals surface area (Å²) < 4.78 is 21.1. The third-order valence-corrected chi connectivity index (χ3v) is 10.8. The number of nitrogens with zero attached hydrogens (tertiary/aromatic N) is 5. The maximum atomic E-state index is 14.4. The standard InChI is InChI=1S/C34H45FN6O2/c1-21-28-15-23(34(28,2)3)16-30(21)38-33(40(5)25-12-13-39(4)19-25)37-24-8-10-27-31(17-24)36-20-41(32(27)42)14-11-22-7-9-26(43-6)18-29(22)35/h7-10,17-18,20-21,23,25,28,30H,11-16,19H2,1-6H3,(H,37,38)/t21-,23-,25?,28+,30?/m0/s1. The van der Waals surface area contributed by atoms with Crippen LogP contribution in [0.25, 0.3) is 10.9 Å². The number of aromatic nitrogens is 2. The first-order valence-electron chi connectivity index (χ1n) is 15.6. The van der Waals surface area contributed by atoms with E-state index in [9.17, 15) is 9.18 Å². The van der Waals surface area contributed by atoms with Crippen molar-refractivity contribution < 1.29 is 9.13 Å². The van der Waals surface area contributed by atoms with E-state index >= 15 is 0 Å². The molecule has 1 N–H and O–H groups in total. The molecule has 2 heterocycles. The van der Waals surface area contributed by atoms with Crippen LogP contribution in [-0.2, 0) is 13.0 Å². The van der Waals surface area contributed by atoms with Gasteiger partial charge in [0.1, 0.15) is 11.6 Å². The highest BCUT2D eigenvalue weighted by Gasteiger charge is 2.56. The number of methoxy groups -OCH3 is 1. The Morgan fingerprint density at radius 1 is 1.23 bits per heavy atom. The first kappa shape index (κ1) is 29.6. The molecule has 4 fully saturated rings. The summed E-state index contributed by atoms with van der Waals surface area (Å²) in [5.41, 5.74) is 2.30. The minimum Gasteiger partial charge on any atom is -0.497 e. The van der Waals surface area contributed by atoms with Crippen molar-refractivity contribution in [3.8, 4) is 5.75 Å². The van der Waals surface area contributed by atoms with E-state index in [4.69, 9.17) is 9.73 Å². The number of hydrogen-bond acceptors (Lipinski definition) is 5. The van der Waals surface area contributed by atoms with E-state index in [0.717, 1.165) is 49.4 Å². The van der Waals surface area contributed by atoms with Crippen LogP contribution in [0.1, 0.15) is 45.6 Å². The van der Waals surface area contributed by atoms with E-state index in [-0.39, 0.29) is 11.4 Å². The zero-order valence-electron chi connectivity index (χ0n) is 26.3. The Balaban J connectivity index is 1.23. The van der Waals surface area contributed by atoms with Gasteiger partial charge in [0.25, 0.3) is 5.56 Å². The molecule has 43 heavy (non-hydrogen) atoms. The summed E-state index contributed by atoms with van der Waals surface area (Å²) in [5.74, 6) is 3.02. The molecule has 7 rings (SSSR count). The van der Waals surface area contributed by atoms with Crippen molar-refractivity contribution in [2.75, 3.05) is 39.6 Å². The second-order valence-electron chi connectivity index (χ2n) is 13.6. The predicted molar refractivity (Wildman–Crippen MR) is 170 cm³/mol. The largest absolute Gasteiger partial charge is 0.497 e. The number of fused-ring (bicyclic) bond motifs is 3. The van der Waals surface area contributed by atoms with Crippen molar-refractivity contribution in [2.24, 2.45) is 28.2 Å². The molecule has 9 heteroatoms. The smallest absolute Gasteiger partial charge is 0.261 e. The molecular weight excluding hydrogens is 543 g/mol. The van der Waals surface area contributed by atoms with E-state index in [2.05, 4.69) is 55.0 Å². The predicted octanol–water partition coefficient (Wildman–Crippen LogP) is 5.26. The summed E-state index contributed by atoms with van der Waals surface area (Å²) in [6.07, 6.45) is 5.50. The molecule has 0 radical (unpaired) electrons. The van der Waals surface area contributed by atoms with E-state index in [1.165, 1.54) is 19.6 Å². The molecule has 3 aliphatic carbocycles. The van der Waals surface area contributed by atoms with Crippen molar-refractivity contribution in [1.29, 1.82) is 0 Å². The van der Waals surface area contributed by atoms with E-state index in [1.807, 2.05) is 18.2 Å². The van der Waals surface area contributed by atoms with Gasteiger partial charge in [0.15, 0.2) is 5.96 Å². The Morgan fingerprint density at radius 2 is 2.05 bits per heavy atom. The Hall–Kier alpha value is -3.46. The number of nitrogens with one attached hydrogen (secondary N) is 1. The van der Waals surface area contributed by atoms with Crippen LogP contribution in [0.3, 0.4) is 0 Å². The minimum absolute atomic E-state index is 0.136. The highest BCUT2D eigenvalue weighted by atomic mass is 19.1. The van der Waals surface area contributed by atoms with Gasteiger partial charge in [0.05, 0.1) is 30.4 Å². The number of aliphatic imine (C=N–C) groups is 1. The first-order valence-corrected chi connectivity index (χ1v) is 15.6. The molecule has 4 aliphatic rings. The second kappa shape index (κ2) is 11.6. The van der Waals surface area contributed by atoms with Gasteiger partial charge < -0.3 is 19.9 Å². The molecule has 0 amide bonds. The average Bonchev–Trinajstić information content (AvgIpc) is 3.43. The fourth-order valence-corrected chi connectivity index (χ4v) is 7.69. The molecule has 2 unspecified atom stereocenters. The Bertz CT molecular complexity index is 1580. The number of rotatable bonds is 7. The lowest BCUT2D eigenvalue weighted by Gasteiger charge is -2.61. The Kier molecular flexibility index (Phi) is 7.96. The molecule has 230 valence electrons. The third-order valence-electron chi connectivity index (χ3n) is 10.8. The lowest BCUT2D eigenvalue weighted by atomic mass is 9.45. The average molecular weight is 589 g/mol. The number of halogens is 1. The number of aryl methyl sites for hydroxylation is 2. The molecular formula is C34H45FN6O2. The normalized spacial score (nSPS) is 26.8. The lowest BCUT2D eigenvalue weighted by molar-refractivity contribution is -0.108. The van der Waals surface area contributed by atoms with Gasteiger partial charge in [-0.3, -0.25) is 9.36 Å². The van der Waals surface area contributed by atoms with Gasteiger partial charge >= 0.3 is 0 Å². The molecule has 1 saturated heterocycles. The highest BCUT2D eigenvalue weighted by molar-refractivity contribution is 5.96. The summed E-state index contributed by atoms with van der Waals surface area (Å²) >= 11 is 0. The van der Waals surface area contributed by atoms with Gasteiger partial charge in [-0.05, 0) is 92.3 Å². The third kappa shape index (κ3) is 5.64. The van der Waals surface area contributed by atoms with Crippen molar-refractivity contribution in [3.05, 3.63) is 64.5 Å². The molecule has 3 aromatic rings. The quantitative estimate of drug-likeness (QED) is 0.300. The van der Waals surface area contributed by atoms with E-state index in [0.29, 0.717) is 58.6 Å². The Labute approximate surface area is 254 Å². The molecule has 2 bridgehead atoms. The van der Waals surface area contributed by atoms with E-state index < -0.39 is 0 Å². The number of anilines is 1. The van der Waals surface area contributed by atoms with Crippen LogP contribution < -0.4 is 15.6 Å². The zero-order chi connectivity index (χ0) is 30.5. The van der Waals surface area contributed by atoms with Gasteiger partial charge in [-0.15, -0.1) is 0 Å². The molecule has 0 spiro atoms. The number of hydrogen-bond donors (Lipinski definition) is 1. The summed E-state index contributed by atoms with van der Waals surface area (Å²) in [4.78, 5) is 28.0. The van der Waals surface area contributed by atoms with Crippen LogP contribution in [0.4, 0.5) is 10.1 Å². The minimum atomic E-state index is -0.341. The molecule has 1 aliphatic heterocycles. The molecule has 8 nitrogen and oxygen atoms in total. The van der Waals surface area contributed by atoms with Crippen LogP contribution in [0, 0.1) is 29.0 Å². The van der Waals surface area contributed by atoms with Crippen molar-refractivity contribution >= 4 is 22.5 Å². The fraction of sp³-hybridized carbons (Fsp3) is 0.559. The summed E-state index contributed by atoms with van der Waals surface area (Å²) in [5, 5.41) is 4.17. The monoisotopic (exact) mass is 588 g/mol. The fourth-order valence-electron chi connectivity index (χ4n) is 7.69. The van der Waals surface area contributed by atoms with Crippen molar-refractivity contribution in [3.63, 3.8) is 0 Å². The number of benzene rings is 2. The van der Waals surface area contributed by atoms with E-state index in [1.54, 1.807) is 23.0 Å². The topological polar surface area (TPSA) is 75.0 Å². The number of ether oxygens (including phenoxy) is 1. The summed E-state index contributed by atoms with van der Waals surface area (Å²) in [6.45, 7) is 9.66. The number of likely N-dealkylation sites (tertiary alicyclic amines) is 1. The molecule has 3 saturated carbocycles. The van der Waals surface area contributed by atoms with Crippen LogP contribution >= 0.6 is 0 Å². The van der Waals surface area contributed by atoms with Gasteiger partial charge in [-0.25, -0.2) is 14.4 Å². The number of guanidine groups is 1. The molecule has 5 atom stereocenters. The highest BCUT2D eigenvalue weighted by Crippen LogP contribution is 2.61. The van der Waals surface area contributed by atoms with Crippen LogP contribution in [0.15, 0.2) is 52.5 Å². The maximum absolute atomic E-state index is 14.4. The SMILES string of the molecule is COc1ccc(CCn2cnc3cc(N/C(=N/C4C[C@@H]5C[C@H]([C@@H]4C)C5(C)C)N(C)C4CCN(C)C4)ccc3c2=O)c(F)c1. The van der Waals surface area contributed by atoms with Crippen molar-refractivity contribution in [1.82, 2.24) is 19.4 Å². The molecule has 2 aromatic carbocycles. The van der Waals surface area contributed by atoms with Gasteiger partial charge in [-0.1, -0.05) is 26.8 Å². The van der Waals surface area contributed by atoms with Gasteiger partial charge in [0, 0.05) is 37.9 Å². The first-order chi connectivity index (χ1) is 20.5. The number of likely N-dealkylation sites (N-methyl/N-ethyl adjacent to an activating group) is 2. The summed E-state index contributed by atoms with van der Waals surface area (Å²) in [6, 6.07) is 11.2. The molecule has 1 aromatic heterocycles. The lowest BCUT2D eigenvalue weighted by Crippen LogP contribution is -2.56. The Morgan fingerprint density at radius 3 is 2.72 bits per heavy atom. The van der Waals surface area contributed by atoms with Crippen LogP contribution in [-0.4, -0.2) is 71.7 Å². The van der Waals surface area contributed by atoms with Gasteiger partial charge in [0.2, 0.25) is 0 Å². The van der Waals surface area contributed by atoms with Crippen LogP contribution in [0.5, 0.6) is 5.75 Å². The summed E-state index contributed by atoms with van der Waals surface area (Å²) in [7, 11) is 5.83. The van der Waals surface area contributed by atoms with Gasteiger partial charge in [-0.2, -0.15) is 0 Å². The van der Waals surface area contributed by atoms with Crippen molar-refractivity contribution in [2.45, 2.75) is 65.1 Å². The zero-order valence-corrected chi connectivity index (χ0v) is 26.3. The second-order valence-corrected chi connectivity index (χ2v) is 13.6.